The molecule has 2 amide bonds. The number of carbonyl (C=O) groups is 2. The summed E-state index contributed by atoms with van der Waals surface area (Å²) in [6.45, 7) is 2.52. The van der Waals surface area contributed by atoms with Gasteiger partial charge in [0, 0.05) is 31.7 Å². The third kappa shape index (κ3) is 3.05. The van der Waals surface area contributed by atoms with Crippen LogP contribution in [0.5, 0.6) is 0 Å². The molecule has 19 heavy (non-hydrogen) atoms. The Bertz CT molecular complexity index is 453. The van der Waals surface area contributed by atoms with Crippen LogP contribution in [0.1, 0.15) is 19.8 Å². The number of nitrogens with zero attached hydrogens (tertiary/aromatic N) is 2. The van der Waals surface area contributed by atoms with Crippen molar-refractivity contribution in [2.24, 2.45) is 0 Å². The van der Waals surface area contributed by atoms with E-state index in [1.54, 1.807) is 11.8 Å². The van der Waals surface area contributed by atoms with Crippen molar-refractivity contribution in [3.05, 3.63) is 30.3 Å². The summed E-state index contributed by atoms with van der Waals surface area (Å²) in [5.41, 5.74) is 0.878. The largest absolute Gasteiger partial charge is 0.465 e. The Hall–Kier alpha value is -2.04. The van der Waals surface area contributed by atoms with Crippen molar-refractivity contribution in [2.45, 2.75) is 25.8 Å². The van der Waals surface area contributed by atoms with Crippen LogP contribution in [-0.2, 0) is 4.79 Å². The van der Waals surface area contributed by atoms with Crippen molar-refractivity contribution in [1.29, 1.82) is 0 Å². The first-order chi connectivity index (χ1) is 9.09. The topological polar surface area (TPSA) is 60.9 Å². The van der Waals surface area contributed by atoms with E-state index in [-0.39, 0.29) is 11.9 Å². The second kappa shape index (κ2) is 5.73. The van der Waals surface area contributed by atoms with Gasteiger partial charge in [-0.15, -0.1) is 0 Å². The Morgan fingerprint density at radius 1 is 1.21 bits per heavy atom. The van der Waals surface area contributed by atoms with E-state index in [9.17, 15) is 9.59 Å². The molecule has 0 aliphatic carbocycles. The van der Waals surface area contributed by atoms with Crippen LogP contribution in [0.25, 0.3) is 0 Å². The minimum atomic E-state index is -0.882. The number of carboxylic acid groups (broad SMARTS) is 1. The molecule has 1 fully saturated rings. The van der Waals surface area contributed by atoms with Gasteiger partial charge in [-0.05, 0) is 25.0 Å². The smallest absolute Gasteiger partial charge is 0.407 e. The minimum absolute atomic E-state index is 0.0000231. The fourth-order valence-electron chi connectivity index (χ4n) is 2.55. The highest BCUT2D eigenvalue weighted by Gasteiger charge is 2.28. The highest BCUT2D eigenvalue weighted by atomic mass is 16.4. The molecule has 1 aromatic rings. The molecule has 0 bridgehead atoms. The molecule has 0 radical (unpaired) electrons. The molecule has 102 valence electrons. The molecule has 1 N–H and O–H groups in total. The van der Waals surface area contributed by atoms with Gasteiger partial charge in [0.1, 0.15) is 0 Å². The Labute approximate surface area is 112 Å². The van der Waals surface area contributed by atoms with Crippen LogP contribution in [0.4, 0.5) is 10.5 Å². The number of piperidine rings is 1. The van der Waals surface area contributed by atoms with Crippen molar-refractivity contribution in [1.82, 2.24) is 4.90 Å². The van der Waals surface area contributed by atoms with Crippen molar-refractivity contribution < 1.29 is 14.7 Å². The number of rotatable bonds is 2. The van der Waals surface area contributed by atoms with Gasteiger partial charge < -0.3 is 14.9 Å². The lowest BCUT2D eigenvalue weighted by molar-refractivity contribution is -0.117. The Balaban J connectivity index is 2.10. The molecule has 1 aliphatic heterocycles. The van der Waals surface area contributed by atoms with E-state index in [0.29, 0.717) is 25.9 Å². The van der Waals surface area contributed by atoms with Gasteiger partial charge in [0.05, 0.1) is 0 Å². The van der Waals surface area contributed by atoms with Gasteiger partial charge in [-0.3, -0.25) is 4.79 Å². The van der Waals surface area contributed by atoms with E-state index in [2.05, 4.69) is 0 Å². The number of likely N-dealkylation sites (tertiary alicyclic amines) is 1. The lowest BCUT2D eigenvalue weighted by Gasteiger charge is -2.37. The summed E-state index contributed by atoms with van der Waals surface area (Å²) in [5.74, 6) is -0.0000231. The molecular formula is C14H18N2O3. The van der Waals surface area contributed by atoms with Gasteiger partial charge >= 0.3 is 6.09 Å². The zero-order valence-corrected chi connectivity index (χ0v) is 11.0. The fourth-order valence-corrected chi connectivity index (χ4v) is 2.55. The summed E-state index contributed by atoms with van der Waals surface area (Å²) >= 11 is 0. The molecule has 0 aromatic heterocycles. The lowest BCUT2D eigenvalue weighted by atomic mass is 10.0. The first-order valence-corrected chi connectivity index (χ1v) is 6.42. The highest BCUT2D eigenvalue weighted by molar-refractivity contribution is 5.92. The van der Waals surface area contributed by atoms with E-state index in [4.69, 9.17) is 5.11 Å². The molecule has 0 unspecified atom stereocenters. The van der Waals surface area contributed by atoms with Gasteiger partial charge in [0.15, 0.2) is 0 Å². The maximum absolute atomic E-state index is 11.9. The lowest BCUT2D eigenvalue weighted by Crippen LogP contribution is -2.48. The normalized spacial score (nSPS) is 16.2. The van der Waals surface area contributed by atoms with Crippen molar-refractivity contribution >= 4 is 17.7 Å². The summed E-state index contributed by atoms with van der Waals surface area (Å²) in [6.07, 6.45) is 0.481. The summed E-state index contributed by atoms with van der Waals surface area (Å²) < 4.78 is 0. The maximum atomic E-state index is 11.9. The Morgan fingerprint density at radius 2 is 1.79 bits per heavy atom. The molecule has 0 atom stereocenters. The quantitative estimate of drug-likeness (QED) is 0.888. The monoisotopic (exact) mass is 262 g/mol. The molecule has 2 rings (SSSR count). The van der Waals surface area contributed by atoms with E-state index in [0.717, 1.165) is 5.69 Å². The third-order valence-corrected chi connectivity index (χ3v) is 3.47. The maximum Gasteiger partial charge on any atom is 0.407 e. The standard InChI is InChI=1S/C14H18N2O3/c1-11(17)16(12-5-3-2-4-6-12)13-7-9-15(10-8-13)14(18)19/h2-6,13H,7-10H2,1H3,(H,18,19). The van der Waals surface area contributed by atoms with Crippen LogP contribution >= 0.6 is 0 Å². The molecule has 0 saturated carbocycles. The second-order valence-corrected chi connectivity index (χ2v) is 4.73. The van der Waals surface area contributed by atoms with Gasteiger partial charge in [-0.25, -0.2) is 4.79 Å². The predicted octanol–water partition coefficient (Wildman–Crippen LogP) is 2.18. The summed E-state index contributed by atoms with van der Waals surface area (Å²) in [6, 6.07) is 9.61. The van der Waals surface area contributed by atoms with E-state index >= 15 is 0 Å². The van der Waals surface area contributed by atoms with Crippen LogP contribution in [0, 0.1) is 0 Å². The molecule has 1 aliphatic rings. The molecule has 1 saturated heterocycles. The van der Waals surface area contributed by atoms with E-state index < -0.39 is 6.09 Å². The van der Waals surface area contributed by atoms with Gasteiger partial charge in [0.2, 0.25) is 5.91 Å². The Kier molecular flexibility index (Phi) is 4.04. The van der Waals surface area contributed by atoms with Gasteiger partial charge in [0.25, 0.3) is 0 Å². The fraction of sp³-hybridized carbons (Fsp3) is 0.429. The first-order valence-electron chi connectivity index (χ1n) is 6.42. The number of hydrogen-bond acceptors (Lipinski definition) is 2. The zero-order chi connectivity index (χ0) is 13.8. The number of carbonyl (C=O) groups excluding carboxylic acids is 1. The van der Waals surface area contributed by atoms with Gasteiger partial charge in [-0.1, -0.05) is 18.2 Å². The van der Waals surface area contributed by atoms with Gasteiger partial charge in [-0.2, -0.15) is 0 Å². The van der Waals surface area contributed by atoms with Crippen LogP contribution in [0.2, 0.25) is 0 Å². The number of amides is 2. The summed E-state index contributed by atoms with van der Waals surface area (Å²) in [4.78, 5) is 25.9. The number of benzene rings is 1. The molecule has 5 nitrogen and oxygen atoms in total. The summed E-state index contributed by atoms with van der Waals surface area (Å²) in [5, 5.41) is 8.93. The number of hydrogen-bond donors (Lipinski definition) is 1. The highest BCUT2D eigenvalue weighted by Crippen LogP contribution is 2.23. The Morgan fingerprint density at radius 3 is 2.26 bits per heavy atom. The predicted molar refractivity (Wildman–Crippen MR) is 72.2 cm³/mol. The van der Waals surface area contributed by atoms with Crippen LogP contribution in [0.15, 0.2) is 30.3 Å². The molecule has 5 heteroatoms. The summed E-state index contributed by atoms with van der Waals surface area (Å²) in [7, 11) is 0. The molecule has 0 spiro atoms. The average molecular weight is 262 g/mol. The molecule has 1 heterocycles. The second-order valence-electron chi connectivity index (χ2n) is 4.73. The molecule has 1 aromatic carbocycles. The molecular weight excluding hydrogens is 244 g/mol. The van der Waals surface area contributed by atoms with Crippen LogP contribution in [-0.4, -0.2) is 41.1 Å². The first kappa shape index (κ1) is 13.4. The van der Waals surface area contributed by atoms with E-state index in [1.165, 1.54) is 4.90 Å². The average Bonchev–Trinajstić information content (AvgIpc) is 2.40. The third-order valence-electron chi connectivity index (χ3n) is 3.47. The minimum Gasteiger partial charge on any atom is -0.465 e. The van der Waals surface area contributed by atoms with Crippen LogP contribution < -0.4 is 4.90 Å². The van der Waals surface area contributed by atoms with Crippen LogP contribution in [0.3, 0.4) is 0 Å². The van der Waals surface area contributed by atoms with Crippen molar-refractivity contribution in [3.8, 4) is 0 Å². The van der Waals surface area contributed by atoms with Crippen molar-refractivity contribution in [3.63, 3.8) is 0 Å². The van der Waals surface area contributed by atoms with E-state index in [1.807, 2.05) is 30.3 Å². The zero-order valence-electron chi connectivity index (χ0n) is 11.0. The van der Waals surface area contributed by atoms with Crippen molar-refractivity contribution in [2.75, 3.05) is 18.0 Å². The number of para-hydroxylation sites is 1. The SMILES string of the molecule is CC(=O)N(c1ccccc1)C1CCN(C(=O)O)CC1. The number of anilines is 1.